The Morgan fingerprint density at radius 2 is 1.88 bits per heavy atom. The Balaban J connectivity index is 1.95. The average Bonchev–Trinajstić information content (AvgIpc) is 2.62. The first kappa shape index (κ1) is 19.4. The van der Waals surface area contributed by atoms with Crippen LogP contribution in [0.25, 0.3) is 6.08 Å². The maximum atomic E-state index is 12.4. The summed E-state index contributed by atoms with van der Waals surface area (Å²) in [6.07, 6.45) is 4.25. The predicted octanol–water partition coefficient (Wildman–Crippen LogP) is 4.94. The summed E-state index contributed by atoms with van der Waals surface area (Å²) < 4.78 is 28.7. The zero-order chi connectivity index (χ0) is 18.0. The van der Waals surface area contributed by atoms with Crippen LogP contribution in [0.15, 0.2) is 54.5 Å². The van der Waals surface area contributed by atoms with Crippen LogP contribution in [0, 0.1) is 0 Å². The maximum absolute atomic E-state index is 12.4. The SMILES string of the molecule is CCOP(=O)(C=Cc1cccc(OCCc2ccccn2)c1)OCC. The molecule has 1 aromatic carbocycles. The highest BCUT2D eigenvalue weighted by Gasteiger charge is 2.18. The first-order valence-electron chi connectivity index (χ1n) is 8.36. The largest absolute Gasteiger partial charge is 0.493 e. The van der Waals surface area contributed by atoms with Crippen molar-refractivity contribution >= 4 is 13.7 Å². The van der Waals surface area contributed by atoms with Gasteiger partial charge in [-0.3, -0.25) is 9.55 Å². The van der Waals surface area contributed by atoms with Gasteiger partial charge in [-0.05, 0) is 49.8 Å². The topological polar surface area (TPSA) is 57.7 Å². The van der Waals surface area contributed by atoms with Gasteiger partial charge in [0.15, 0.2) is 0 Å². The van der Waals surface area contributed by atoms with Crippen LogP contribution in [0.5, 0.6) is 5.75 Å². The Bertz CT molecular complexity index is 708. The highest BCUT2D eigenvalue weighted by Crippen LogP contribution is 2.50. The van der Waals surface area contributed by atoms with Crippen molar-refractivity contribution in [3.8, 4) is 5.75 Å². The molecule has 1 heterocycles. The van der Waals surface area contributed by atoms with Crippen molar-refractivity contribution in [3.63, 3.8) is 0 Å². The molecule has 1 aromatic heterocycles. The number of ether oxygens (including phenoxy) is 1. The first-order valence-corrected chi connectivity index (χ1v) is 9.97. The van der Waals surface area contributed by atoms with Crippen LogP contribution < -0.4 is 4.74 Å². The molecule has 0 amide bonds. The summed E-state index contributed by atoms with van der Waals surface area (Å²) in [5.74, 6) is 2.24. The molecule has 2 rings (SSSR count). The van der Waals surface area contributed by atoms with Gasteiger partial charge in [0.1, 0.15) is 5.75 Å². The molecule has 25 heavy (non-hydrogen) atoms. The fourth-order valence-corrected chi connectivity index (χ4v) is 3.51. The van der Waals surface area contributed by atoms with Crippen molar-refractivity contribution in [1.29, 1.82) is 0 Å². The second-order valence-electron chi connectivity index (χ2n) is 5.18. The lowest BCUT2D eigenvalue weighted by molar-refractivity contribution is 0.229. The summed E-state index contributed by atoms with van der Waals surface area (Å²) >= 11 is 0. The van der Waals surface area contributed by atoms with Crippen molar-refractivity contribution in [2.24, 2.45) is 0 Å². The molecule has 2 aromatic rings. The van der Waals surface area contributed by atoms with Gasteiger partial charge < -0.3 is 13.8 Å². The molecular formula is C19H24NO4P. The first-order chi connectivity index (χ1) is 12.1. The number of nitrogens with zero attached hydrogens (tertiary/aromatic N) is 1. The van der Waals surface area contributed by atoms with Crippen molar-refractivity contribution in [2.45, 2.75) is 20.3 Å². The number of hydrogen-bond acceptors (Lipinski definition) is 5. The molecular weight excluding hydrogens is 337 g/mol. The summed E-state index contributed by atoms with van der Waals surface area (Å²) in [6, 6.07) is 13.4. The number of benzene rings is 1. The van der Waals surface area contributed by atoms with Crippen LogP contribution in [0.4, 0.5) is 0 Å². The monoisotopic (exact) mass is 361 g/mol. The van der Waals surface area contributed by atoms with Crippen molar-refractivity contribution in [2.75, 3.05) is 19.8 Å². The van der Waals surface area contributed by atoms with Gasteiger partial charge in [-0.15, -0.1) is 0 Å². The third-order valence-corrected chi connectivity index (χ3v) is 5.03. The molecule has 6 heteroatoms. The fraction of sp³-hybridized carbons (Fsp3) is 0.316. The lowest BCUT2D eigenvalue weighted by atomic mass is 10.2. The van der Waals surface area contributed by atoms with Gasteiger partial charge in [-0.25, -0.2) is 0 Å². The molecule has 0 spiro atoms. The molecule has 0 aliphatic rings. The van der Waals surface area contributed by atoms with Crippen LogP contribution in [0.3, 0.4) is 0 Å². The molecule has 0 radical (unpaired) electrons. The Hall–Kier alpha value is -1.94. The second kappa shape index (κ2) is 10.1. The molecule has 0 unspecified atom stereocenters. The minimum Gasteiger partial charge on any atom is -0.493 e. The quantitative estimate of drug-likeness (QED) is 0.561. The van der Waals surface area contributed by atoms with E-state index in [0.717, 1.165) is 23.4 Å². The summed E-state index contributed by atoms with van der Waals surface area (Å²) in [5.41, 5.74) is 1.86. The summed E-state index contributed by atoms with van der Waals surface area (Å²) in [4.78, 5) is 4.27. The summed E-state index contributed by atoms with van der Waals surface area (Å²) in [7, 11) is -3.19. The zero-order valence-electron chi connectivity index (χ0n) is 14.6. The Kier molecular flexibility index (Phi) is 7.86. The third-order valence-electron chi connectivity index (χ3n) is 3.28. The molecule has 0 saturated heterocycles. The second-order valence-corrected chi connectivity index (χ2v) is 7.08. The van der Waals surface area contributed by atoms with E-state index in [1.165, 1.54) is 5.82 Å². The normalized spacial score (nSPS) is 11.8. The summed E-state index contributed by atoms with van der Waals surface area (Å²) in [5, 5.41) is 0. The molecule has 0 saturated carbocycles. The van der Waals surface area contributed by atoms with Crippen LogP contribution in [-0.2, 0) is 20.0 Å². The smallest absolute Gasteiger partial charge is 0.354 e. The van der Waals surface area contributed by atoms with E-state index >= 15 is 0 Å². The van der Waals surface area contributed by atoms with Crippen LogP contribution in [-0.4, -0.2) is 24.8 Å². The lowest BCUT2D eigenvalue weighted by Crippen LogP contribution is -2.02. The van der Waals surface area contributed by atoms with E-state index in [2.05, 4.69) is 4.98 Å². The number of aromatic nitrogens is 1. The van der Waals surface area contributed by atoms with Crippen LogP contribution in [0.1, 0.15) is 25.1 Å². The third kappa shape index (κ3) is 6.83. The van der Waals surface area contributed by atoms with Gasteiger partial charge in [-0.2, -0.15) is 0 Å². The Morgan fingerprint density at radius 1 is 1.08 bits per heavy atom. The molecule has 0 aliphatic carbocycles. The Labute approximate surface area is 149 Å². The van der Waals surface area contributed by atoms with Gasteiger partial charge in [0.2, 0.25) is 0 Å². The average molecular weight is 361 g/mol. The van der Waals surface area contributed by atoms with Gasteiger partial charge in [0.05, 0.1) is 19.8 Å². The van der Waals surface area contributed by atoms with E-state index in [9.17, 15) is 4.57 Å². The van der Waals surface area contributed by atoms with Crippen molar-refractivity contribution < 1.29 is 18.3 Å². The Morgan fingerprint density at radius 3 is 2.56 bits per heavy atom. The molecule has 5 nitrogen and oxygen atoms in total. The van der Waals surface area contributed by atoms with Gasteiger partial charge in [0, 0.05) is 24.1 Å². The van der Waals surface area contributed by atoms with E-state index in [0.29, 0.717) is 19.8 Å². The van der Waals surface area contributed by atoms with Crippen molar-refractivity contribution in [1.82, 2.24) is 4.98 Å². The van der Waals surface area contributed by atoms with Gasteiger partial charge in [0.25, 0.3) is 0 Å². The fourth-order valence-electron chi connectivity index (χ4n) is 2.19. The summed E-state index contributed by atoms with van der Waals surface area (Å²) in [6.45, 7) is 4.78. The van der Waals surface area contributed by atoms with Crippen LogP contribution in [0.2, 0.25) is 0 Å². The lowest BCUT2D eigenvalue weighted by Gasteiger charge is -2.12. The predicted molar refractivity (Wildman–Crippen MR) is 99.8 cm³/mol. The molecule has 0 fully saturated rings. The minimum absolute atomic E-state index is 0.332. The zero-order valence-corrected chi connectivity index (χ0v) is 15.5. The molecule has 0 bridgehead atoms. The number of hydrogen-bond donors (Lipinski definition) is 0. The minimum atomic E-state index is -3.19. The molecule has 0 N–H and O–H groups in total. The van der Waals surface area contributed by atoms with E-state index in [1.807, 2.05) is 42.5 Å². The molecule has 134 valence electrons. The standard InChI is InChI=1S/C19H24NO4P/c1-3-23-25(21,24-4-2)15-12-17-8-7-10-19(16-17)22-14-11-18-9-5-6-13-20-18/h5-10,12-13,15-16H,3-4,11,14H2,1-2H3. The molecule has 0 atom stereocenters. The van der Waals surface area contributed by atoms with Crippen molar-refractivity contribution in [3.05, 3.63) is 65.7 Å². The van der Waals surface area contributed by atoms with E-state index in [-0.39, 0.29) is 0 Å². The van der Waals surface area contributed by atoms with E-state index in [1.54, 1.807) is 26.1 Å². The van der Waals surface area contributed by atoms with E-state index < -0.39 is 7.60 Å². The van der Waals surface area contributed by atoms with Gasteiger partial charge in [-0.1, -0.05) is 18.2 Å². The van der Waals surface area contributed by atoms with Crippen LogP contribution >= 0.6 is 7.60 Å². The maximum Gasteiger partial charge on any atom is 0.354 e. The highest BCUT2D eigenvalue weighted by molar-refractivity contribution is 7.57. The molecule has 0 aliphatic heterocycles. The number of pyridine rings is 1. The van der Waals surface area contributed by atoms with E-state index in [4.69, 9.17) is 13.8 Å². The number of rotatable bonds is 10. The van der Waals surface area contributed by atoms with Gasteiger partial charge >= 0.3 is 7.60 Å². The highest BCUT2D eigenvalue weighted by atomic mass is 31.2.